The molecule has 6 nitrogen and oxygen atoms in total. The molecule has 1 atom stereocenters. The van der Waals surface area contributed by atoms with E-state index >= 15 is 0 Å². The molecule has 2 aromatic carbocycles. The van der Waals surface area contributed by atoms with Crippen molar-refractivity contribution in [1.29, 1.82) is 0 Å². The predicted octanol–water partition coefficient (Wildman–Crippen LogP) is 6.16. The fourth-order valence-corrected chi connectivity index (χ4v) is 3.71. The number of aromatic nitrogens is 1. The molecule has 0 spiro atoms. The third-order valence-corrected chi connectivity index (χ3v) is 5.54. The van der Waals surface area contributed by atoms with Gasteiger partial charge in [-0.15, -0.1) is 0 Å². The highest BCUT2D eigenvalue weighted by atomic mass is 35.5. The highest BCUT2D eigenvalue weighted by Gasteiger charge is 2.24. The number of hydrogen-bond donors (Lipinski definition) is 1. The van der Waals surface area contributed by atoms with Gasteiger partial charge in [0.05, 0.1) is 15.9 Å². The molecule has 1 aromatic heterocycles. The van der Waals surface area contributed by atoms with Crippen LogP contribution in [0.25, 0.3) is 10.9 Å². The summed E-state index contributed by atoms with van der Waals surface area (Å²) in [6, 6.07) is 9.70. The Labute approximate surface area is 200 Å². The summed E-state index contributed by atoms with van der Waals surface area (Å²) in [5.41, 5.74) is 1.77. The van der Waals surface area contributed by atoms with Crippen molar-refractivity contribution in [3.8, 4) is 11.5 Å². The summed E-state index contributed by atoms with van der Waals surface area (Å²) in [6.07, 6.45) is 0.512. The number of carboxylic acid groups (broad SMARTS) is 1. The maximum Gasteiger partial charge on any atom is 0.387 e. The predicted molar refractivity (Wildman–Crippen MR) is 124 cm³/mol. The molecule has 0 bridgehead atoms. The first-order valence-corrected chi connectivity index (χ1v) is 11.1. The number of nitrogens with zero attached hydrogens (tertiary/aromatic N) is 1. The van der Waals surface area contributed by atoms with Crippen LogP contribution >= 0.6 is 11.6 Å². The van der Waals surface area contributed by atoms with Crippen LogP contribution in [0.3, 0.4) is 0 Å². The van der Waals surface area contributed by atoms with E-state index in [1.165, 1.54) is 18.3 Å². The van der Waals surface area contributed by atoms with Gasteiger partial charge >= 0.3 is 12.6 Å². The average Bonchev–Trinajstić information content (AvgIpc) is 2.79. The van der Waals surface area contributed by atoms with Crippen LogP contribution in [-0.4, -0.2) is 34.6 Å². The molecule has 0 radical (unpaired) electrons. The quantitative estimate of drug-likeness (QED) is 0.342. The van der Waals surface area contributed by atoms with Gasteiger partial charge in [-0.2, -0.15) is 8.78 Å². The lowest BCUT2D eigenvalue weighted by molar-refractivity contribution is -0.145. The Bertz CT molecular complexity index is 1200. The molecule has 1 N–H and O–H groups in total. The number of halogens is 3. The molecule has 180 valence electrons. The molecule has 0 amide bonds. The second-order valence-electron chi connectivity index (χ2n) is 8.01. The number of alkyl halides is 2. The van der Waals surface area contributed by atoms with Gasteiger partial charge in [0.15, 0.2) is 11.9 Å². The van der Waals surface area contributed by atoms with Crippen molar-refractivity contribution in [2.45, 2.75) is 46.3 Å². The minimum absolute atomic E-state index is 0.000913. The number of rotatable bonds is 10. The van der Waals surface area contributed by atoms with Crippen molar-refractivity contribution in [1.82, 2.24) is 4.98 Å². The Hall–Kier alpha value is -3.26. The number of fused-ring (bicyclic) bond motifs is 1. The van der Waals surface area contributed by atoms with E-state index in [9.17, 15) is 23.5 Å². The van der Waals surface area contributed by atoms with Gasteiger partial charge < -0.3 is 14.6 Å². The summed E-state index contributed by atoms with van der Waals surface area (Å²) in [7, 11) is 0. The topological polar surface area (TPSA) is 85.7 Å². The summed E-state index contributed by atoms with van der Waals surface area (Å²) >= 11 is 6.25. The van der Waals surface area contributed by atoms with Crippen molar-refractivity contribution >= 4 is 34.3 Å². The van der Waals surface area contributed by atoms with Crippen LogP contribution < -0.4 is 9.47 Å². The SMILES string of the molecule is CCC(Oc1ccc(Cl)c2ncc(Cc3ccc(C(=O)C(C)C)cc3)c(OC(F)F)c12)C(=O)O. The van der Waals surface area contributed by atoms with Gasteiger partial charge in [0.2, 0.25) is 0 Å². The largest absolute Gasteiger partial charge is 0.479 e. The monoisotopic (exact) mass is 491 g/mol. The van der Waals surface area contributed by atoms with E-state index in [0.29, 0.717) is 11.1 Å². The number of carbonyl (C=O) groups excluding carboxylic acids is 1. The van der Waals surface area contributed by atoms with E-state index in [1.807, 2.05) is 13.8 Å². The number of ether oxygens (including phenoxy) is 2. The molecular weight excluding hydrogens is 468 g/mol. The van der Waals surface area contributed by atoms with Crippen molar-refractivity contribution < 1.29 is 33.0 Å². The number of carboxylic acids is 1. The van der Waals surface area contributed by atoms with Crippen LogP contribution in [0.1, 0.15) is 48.7 Å². The van der Waals surface area contributed by atoms with Crippen LogP contribution in [0.2, 0.25) is 5.02 Å². The van der Waals surface area contributed by atoms with Gasteiger partial charge in [0.1, 0.15) is 11.5 Å². The van der Waals surface area contributed by atoms with Gasteiger partial charge in [-0.25, -0.2) is 4.79 Å². The lowest BCUT2D eigenvalue weighted by Crippen LogP contribution is -2.26. The number of hydrogen-bond acceptors (Lipinski definition) is 5. The summed E-state index contributed by atoms with van der Waals surface area (Å²) in [5, 5.41) is 9.62. The second kappa shape index (κ2) is 10.8. The molecule has 0 aliphatic carbocycles. The van der Waals surface area contributed by atoms with Crippen molar-refractivity contribution in [3.05, 3.63) is 64.3 Å². The Balaban J connectivity index is 2.10. The lowest BCUT2D eigenvalue weighted by atomic mass is 9.97. The molecule has 0 aliphatic rings. The number of carbonyl (C=O) groups is 2. The van der Waals surface area contributed by atoms with E-state index in [4.69, 9.17) is 21.1 Å². The summed E-state index contributed by atoms with van der Waals surface area (Å²) in [6.45, 7) is 2.10. The van der Waals surface area contributed by atoms with Crippen LogP contribution in [0, 0.1) is 5.92 Å². The van der Waals surface area contributed by atoms with Crippen molar-refractivity contribution in [3.63, 3.8) is 0 Å². The van der Waals surface area contributed by atoms with Crippen LogP contribution in [0.4, 0.5) is 8.78 Å². The van der Waals surface area contributed by atoms with Gasteiger partial charge in [-0.1, -0.05) is 56.6 Å². The summed E-state index contributed by atoms with van der Waals surface area (Å²) in [5.74, 6) is -1.51. The highest BCUT2D eigenvalue weighted by Crippen LogP contribution is 2.41. The first-order valence-electron chi connectivity index (χ1n) is 10.7. The molecule has 0 fully saturated rings. The molecule has 0 saturated carbocycles. The zero-order chi connectivity index (χ0) is 25.0. The first-order chi connectivity index (χ1) is 16.1. The Morgan fingerprint density at radius 2 is 1.76 bits per heavy atom. The third-order valence-electron chi connectivity index (χ3n) is 5.24. The van der Waals surface area contributed by atoms with Crippen LogP contribution in [0.15, 0.2) is 42.6 Å². The summed E-state index contributed by atoms with van der Waals surface area (Å²) < 4.78 is 37.4. The van der Waals surface area contributed by atoms with Crippen LogP contribution in [0.5, 0.6) is 11.5 Å². The zero-order valence-electron chi connectivity index (χ0n) is 18.8. The maximum absolute atomic E-state index is 13.4. The van der Waals surface area contributed by atoms with Gasteiger partial charge in [-0.3, -0.25) is 9.78 Å². The number of aliphatic carboxylic acids is 1. The molecule has 3 rings (SSSR count). The van der Waals surface area contributed by atoms with E-state index in [0.717, 1.165) is 5.56 Å². The van der Waals surface area contributed by atoms with Gasteiger partial charge in [0, 0.05) is 29.7 Å². The van der Waals surface area contributed by atoms with E-state index in [-0.39, 0.29) is 52.0 Å². The molecule has 3 aromatic rings. The third kappa shape index (κ3) is 5.62. The van der Waals surface area contributed by atoms with E-state index in [2.05, 4.69) is 4.98 Å². The van der Waals surface area contributed by atoms with Gasteiger partial charge in [-0.05, 0) is 24.1 Å². The average molecular weight is 492 g/mol. The fraction of sp³-hybridized carbons (Fsp3) is 0.320. The van der Waals surface area contributed by atoms with Gasteiger partial charge in [0.25, 0.3) is 0 Å². The number of ketones is 1. The molecular formula is C25H24ClF2NO5. The molecule has 34 heavy (non-hydrogen) atoms. The fourth-order valence-electron chi connectivity index (χ4n) is 3.50. The second-order valence-corrected chi connectivity index (χ2v) is 8.41. The minimum atomic E-state index is -3.15. The molecule has 1 heterocycles. The van der Waals surface area contributed by atoms with E-state index < -0.39 is 18.7 Å². The van der Waals surface area contributed by atoms with Crippen LogP contribution in [-0.2, 0) is 11.2 Å². The highest BCUT2D eigenvalue weighted by molar-refractivity contribution is 6.35. The Morgan fingerprint density at radius 3 is 2.32 bits per heavy atom. The van der Waals surface area contributed by atoms with Crippen molar-refractivity contribution in [2.24, 2.45) is 5.92 Å². The van der Waals surface area contributed by atoms with Crippen molar-refractivity contribution in [2.75, 3.05) is 0 Å². The number of pyridine rings is 1. The number of Topliss-reactive ketones (excluding diaryl/α,β-unsaturated/α-hetero) is 1. The summed E-state index contributed by atoms with van der Waals surface area (Å²) in [4.78, 5) is 28.0. The molecule has 9 heteroatoms. The lowest BCUT2D eigenvalue weighted by Gasteiger charge is -2.19. The smallest absolute Gasteiger partial charge is 0.387 e. The first kappa shape index (κ1) is 25.4. The van der Waals surface area contributed by atoms with E-state index in [1.54, 1.807) is 31.2 Å². The number of benzene rings is 2. The Morgan fingerprint density at radius 1 is 1.09 bits per heavy atom. The normalized spacial score (nSPS) is 12.2. The minimum Gasteiger partial charge on any atom is -0.479 e. The Kier molecular flexibility index (Phi) is 8.04. The molecule has 0 aliphatic heterocycles. The molecule has 1 unspecified atom stereocenters. The maximum atomic E-state index is 13.4. The standard InChI is InChI=1S/C25H24ClF2NO5/c1-4-18(24(31)32)33-19-10-9-17(26)21-20(19)23(34-25(27)28)16(12-29-21)11-14-5-7-15(8-6-14)22(30)13(2)3/h5-10,12-13,18,25H,4,11H2,1-3H3,(H,31,32). The zero-order valence-corrected chi connectivity index (χ0v) is 19.6. The molecule has 0 saturated heterocycles.